The fourth-order valence-corrected chi connectivity index (χ4v) is 2.20. The molecule has 2 N–H and O–H groups in total. The Morgan fingerprint density at radius 3 is 2.75 bits per heavy atom. The number of anilines is 1. The van der Waals surface area contributed by atoms with Crippen LogP contribution in [0.25, 0.3) is 0 Å². The third kappa shape index (κ3) is 3.05. The topological polar surface area (TPSA) is 88.0 Å². The molecular weight excluding hydrogens is 326 g/mol. The van der Waals surface area contributed by atoms with Gasteiger partial charge in [0.05, 0.1) is 0 Å². The van der Waals surface area contributed by atoms with Crippen molar-refractivity contribution in [2.75, 3.05) is 5.32 Å². The van der Waals surface area contributed by atoms with Crippen LogP contribution in [-0.4, -0.2) is 15.8 Å². The van der Waals surface area contributed by atoms with Crippen LogP contribution >= 0.6 is 15.9 Å². The molecule has 0 saturated carbocycles. The van der Waals surface area contributed by atoms with Crippen LogP contribution in [0.4, 0.5) is 11.5 Å². The Hall–Kier alpha value is -2.15. The van der Waals surface area contributed by atoms with Gasteiger partial charge in [-0.25, -0.2) is 4.98 Å². The predicted molar refractivity (Wildman–Crippen MR) is 78.9 cm³/mol. The third-order valence-electron chi connectivity index (χ3n) is 2.81. The molecule has 20 heavy (non-hydrogen) atoms. The number of nitro groups is 1. The van der Waals surface area contributed by atoms with E-state index in [0.717, 1.165) is 16.5 Å². The summed E-state index contributed by atoms with van der Waals surface area (Å²) >= 11 is 3.37. The largest absolute Gasteiger partial charge is 0.358 e. The van der Waals surface area contributed by atoms with Gasteiger partial charge < -0.3 is 15.4 Å². The Morgan fingerprint density at radius 2 is 2.15 bits per heavy atom. The Labute approximate surface area is 123 Å². The fourth-order valence-electron chi connectivity index (χ4n) is 1.79. The molecule has 7 heteroatoms. The number of aromatic nitrogens is 1. The van der Waals surface area contributed by atoms with Gasteiger partial charge in [0.2, 0.25) is 0 Å². The average molecular weight is 338 g/mol. The average Bonchev–Trinajstić information content (AvgIpc) is 2.90. The van der Waals surface area contributed by atoms with E-state index in [1.54, 1.807) is 6.07 Å². The van der Waals surface area contributed by atoms with Gasteiger partial charge in [-0.2, -0.15) is 0 Å². The summed E-state index contributed by atoms with van der Waals surface area (Å²) in [5, 5.41) is 13.3. The maximum Gasteiger partial charge on any atom is 0.321 e. The van der Waals surface area contributed by atoms with E-state index in [4.69, 9.17) is 0 Å². The van der Waals surface area contributed by atoms with Gasteiger partial charge in [0.15, 0.2) is 5.69 Å². The first-order chi connectivity index (χ1) is 9.51. The molecule has 1 aromatic heterocycles. The molecule has 0 spiro atoms. The summed E-state index contributed by atoms with van der Waals surface area (Å²) in [6.45, 7) is 1.98. The van der Waals surface area contributed by atoms with Crippen molar-refractivity contribution in [3.8, 4) is 0 Å². The monoisotopic (exact) mass is 337 g/mol. The Balaban J connectivity index is 2.20. The molecule has 2 aromatic rings. The molecule has 0 atom stereocenters. The Morgan fingerprint density at radius 1 is 1.40 bits per heavy atom. The van der Waals surface area contributed by atoms with E-state index in [0.29, 0.717) is 5.69 Å². The van der Waals surface area contributed by atoms with Crippen molar-refractivity contribution in [3.63, 3.8) is 0 Å². The van der Waals surface area contributed by atoms with Crippen molar-refractivity contribution >= 4 is 33.3 Å². The molecule has 0 aliphatic heterocycles. The second-order valence-corrected chi connectivity index (χ2v) is 5.04. The first-order valence-corrected chi connectivity index (χ1v) is 6.73. The highest BCUT2D eigenvalue weighted by atomic mass is 79.9. The maximum atomic E-state index is 12.0. The minimum atomic E-state index is -0.576. The van der Waals surface area contributed by atoms with Gasteiger partial charge in [-0.15, -0.1) is 0 Å². The van der Waals surface area contributed by atoms with Gasteiger partial charge in [-0.05, 0) is 41.2 Å². The summed E-state index contributed by atoms with van der Waals surface area (Å²) in [4.78, 5) is 24.5. The molecule has 0 saturated heterocycles. The highest BCUT2D eigenvalue weighted by molar-refractivity contribution is 9.10. The lowest BCUT2D eigenvalue weighted by atomic mass is 10.1. The summed E-state index contributed by atoms with van der Waals surface area (Å²) in [7, 11) is 0. The maximum absolute atomic E-state index is 12.0. The zero-order valence-electron chi connectivity index (χ0n) is 10.6. The number of amides is 1. The van der Waals surface area contributed by atoms with Gasteiger partial charge in [0.25, 0.3) is 5.91 Å². The van der Waals surface area contributed by atoms with Gasteiger partial charge in [-0.1, -0.05) is 22.9 Å². The van der Waals surface area contributed by atoms with Gasteiger partial charge in [0, 0.05) is 16.2 Å². The van der Waals surface area contributed by atoms with Crippen molar-refractivity contribution in [3.05, 3.63) is 56.2 Å². The summed E-state index contributed by atoms with van der Waals surface area (Å²) < 4.78 is 0.933. The van der Waals surface area contributed by atoms with Gasteiger partial charge in [0.1, 0.15) is 0 Å². The van der Waals surface area contributed by atoms with E-state index >= 15 is 0 Å². The highest BCUT2D eigenvalue weighted by Gasteiger charge is 2.16. The van der Waals surface area contributed by atoms with E-state index in [2.05, 4.69) is 26.2 Å². The molecule has 1 amide bonds. The third-order valence-corrected chi connectivity index (χ3v) is 3.30. The minimum absolute atomic E-state index is 0.154. The molecule has 0 bridgehead atoms. The van der Waals surface area contributed by atoms with Crippen molar-refractivity contribution in [2.24, 2.45) is 0 Å². The number of halogens is 1. The lowest BCUT2D eigenvalue weighted by Crippen LogP contribution is -2.13. The Kier molecular flexibility index (Phi) is 4.19. The second kappa shape index (κ2) is 5.87. The van der Waals surface area contributed by atoms with Crippen LogP contribution in [0.2, 0.25) is 0 Å². The zero-order chi connectivity index (χ0) is 14.7. The number of carbonyl (C=O) groups excluding carboxylic acids is 1. The standard InChI is InChI=1S/C13H12BrN3O3/c1-2-8-7-9(14)3-4-10(8)16-13(18)11-5-6-12(15-11)17(19)20/h3-7,15H,2H2,1H3,(H,16,18). The molecule has 2 rings (SSSR count). The number of aromatic amines is 1. The van der Waals surface area contributed by atoms with E-state index in [-0.39, 0.29) is 11.5 Å². The summed E-state index contributed by atoms with van der Waals surface area (Å²) in [6.07, 6.45) is 0.764. The van der Waals surface area contributed by atoms with Crippen LogP contribution in [0.1, 0.15) is 23.0 Å². The number of rotatable bonds is 4. The van der Waals surface area contributed by atoms with Gasteiger partial charge in [-0.3, -0.25) is 4.79 Å². The molecule has 104 valence electrons. The summed E-state index contributed by atoms with van der Waals surface area (Å²) in [6, 6.07) is 8.19. The van der Waals surface area contributed by atoms with Crippen LogP contribution in [0.3, 0.4) is 0 Å². The van der Waals surface area contributed by atoms with E-state index in [1.807, 2.05) is 19.1 Å². The number of carbonyl (C=O) groups is 1. The summed E-state index contributed by atoms with van der Waals surface area (Å²) in [5.41, 5.74) is 1.83. The van der Waals surface area contributed by atoms with E-state index in [9.17, 15) is 14.9 Å². The van der Waals surface area contributed by atoms with Crippen LogP contribution in [0.5, 0.6) is 0 Å². The quantitative estimate of drug-likeness (QED) is 0.661. The fraction of sp³-hybridized carbons (Fsp3) is 0.154. The number of aryl methyl sites for hydroxylation is 1. The van der Waals surface area contributed by atoms with Crippen molar-refractivity contribution in [1.29, 1.82) is 0 Å². The number of hydrogen-bond acceptors (Lipinski definition) is 3. The molecule has 0 radical (unpaired) electrons. The van der Waals surface area contributed by atoms with Crippen LogP contribution in [-0.2, 0) is 6.42 Å². The molecule has 0 fully saturated rings. The smallest absolute Gasteiger partial charge is 0.321 e. The number of nitrogens with one attached hydrogen (secondary N) is 2. The van der Waals surface area contributed by atoms with Crippen LogP contribution in [0, 0.1) is 10.1 Å². The highest BCUT2D eigenvalue weighted by Crippen LogP contribution is 2.22. The Bertz CT molecular complexity index is 667. The predicted octanol–water partition coefficient (Wildman–Crippen LogP) is 3.50. The van der Waals surface area contributed by atoms with Crippen molar-refractivity contribution in [1.82, 2.24) is 4.98 Å². The first-order valence-electron chi connectivity index (χ1n) is 5.94. The SMILES string of the molecule is CCc1cc(Br)ccc1NC(=O)c1ccc([N+](=O)[O-])[nH]1. The molecule has 0 aliphatic carbocycles. The summed E-state index contributed by atoms with van der Waals surface area (Å²) in [5.74, 6) is -0.614. The first kappa shape index (κ1) is 14.3. The zero-order valence-corrected chi connectivity index (χ0v) is 12.2. The van der Waals surface area contributed by atoms with E-state index < -0.39 is 10.8 Å². The van der Waals surface area contributed by atoms with Gasteiger partial charge >= 0.3 is 5.82 Å². The molecule has 6 nitrogen and oxygen atoms in total. The van der Waals surface area contributed by atoms with E-state index in [1.165, 1.54) is 12.1 Å². The molecule has 0 unspecified atom stereocenters. The molecule has 0 aliphatic rings. The second-order valence-electron chi connectivity index (χ2n) is 4.12. The van der Waals surface area contributed by atoms with Crippen LogP contribution < -0.4 is 5.32 Å². The molecule has 1 aromatic carbocycles. The van der Waals surface area contributed by atoms with Crippen molar-refractivity contribution in [2.45, 2.75) is 13.3 Å². The van der Waals surface area contributed by atoms with Crippen LogP contribution in [0.15, 0.2) is 34.8 Å². The molecule has 1 heterocycles. The number of H-pyrrole nitrogens is 1. The number of hydrogen-bond donors (Lipinski definition) is 2. The normalized spacial score (nSPS) is 10.3. The lowest BCUT2D eigenvalue weighted by Gasteiger charge is -2.08. The number of benzene rings is 1. The molecular formula is C13H12BrN3O3. The lowest BCUT2D eigenvalue weighted by molar-refractivity contribution is -0.389. The minimum Gasteiger partial charge on any atom is -0.358 e. The number of nitrogens with zero attached hydrogens (tertiary/aromatic N) is 1. The van der Waals surface area contributed by atoms with Crippen molar-refractivity contribution < 1.29 is 9.72 Å².